The minimum absolute atomic E-state index is 0.0272. The molecule has 84 valence electrons. The quantitative estimate of drug-likeness (QED) is 0.776. The SMILES string of the molecule is Cc1cc(C(=O)c2sc(C)cc2Br)c(C)o1. The Bertz CT molecular complexity index is 503. The molecule has 0 bridgehead atoms. The first kappa shape index (κ1) is 11.6. The molecule has 0 saturated carbocycles. The number of carbonyl (C=O) groups excluding carboxylic acids is 1. The molecule has 0 aromatic carbocycles. The smallest absolute Gasteiger partial charge is 0.207 e. The van der Waals surface area contributed by atoms with Crippen LogP contribution < -0.4 is 0 Å². The Morgan fingerprint density at radius 3 is 2.44 bits per heavy atom. The van der Waals surface area contributed by atoms with E-state index in [0.29, 0.717) is 11.3 Å². The van der Waals surface area contributed by atoms with E-state index in [0.717, 1.165) is 20.0 Å². The Labute approximate surface area is 106 Å². The summed E-state index contributed by atoms with van der Waals surface area (Å²) in [6, 6.07) is 3.75. The monoisotopic (exact) mass is 298 g/mol. The van der Waals surface area contributed by atoms with Crippen LogP contribution in [0.1, 0.15) is 31.6 Å². The van der Waals surface area contributed by atoms with Gasteiger partial charge in [0.2, 0.25) is 5.78 Å². The number of ketones is 1. The fourth-order valence-electron chi connectivity index (χ4n) is 1.62. The third-order valence-corrected chi connectivity index (χ3v) is 4.24. The van der Waals surface area contributed by atoms with Gasteiger partial charge in [-0.1, -0.05) is 0 Å². The topological polar surface area (TPSA) is 30.2 Å². The normalized spacial score (nSPS) is 10.8. The summed E-state index contributed by atoms with van der Waals surface area (Å²) in [5.74, 6) is 1.48. The zero-order valence-electron chi connectivity index (χ0n) is 9.26. The number of carbonyl (C=O) groups is 1. The van der Waals surface area contributed by atoms with Gasteiger partial charge in [-0.15, -0.1) is 11.3 Å². The molecule has 0 unspecified atom stereocenters. The zero-order chi connectivity index (χ0) is 11.9. The summed E-state index contributed by atoms with van der Waals surface area (Å²) < 4.78 is 6.23. The Kier molecular flexibility index (Phi) is 3.04. The number of furan rings is 1. The zero-order valence-corrected chi connectivity index (χ0v) is 11.7. The highest BCUT2D eigenvalue weighted by Gasteiger charge is 2.19. The highest BCUT2D eigenvalue weighted by Crippen LogP contribution is 2.30. The minimum atomic E-state index is 0.0272. The average molecular weight is 299 g/mol. The van der Waals surface area contributed by atoms with Crippen LogP contribution in [0.4, 0.5) is 0 Å². The second kappa shape index (κ2) is 4.18. The van der Waals surface area contributed by atoms with E-state index in [2.05, 4.69) is 15.9 Å². The lowest BCUT2D eigenvalue weighted by molar-refractivity contribution is 0.104. The third kappa shape index (κ3) is 1.99. The van der Waals surface area contributed by atoms with Crippen LogP contribution in [0, 0.1) is 20.8 Å². The first-order valence-electron chi connectivity index (χ1n) is 4.86. The Hall–Kier alpha value is -0.870. The van der Waals surface area contributed by atoms with Gasteiger partial charge in [0.05, 0.1) is 10.4 Å². The first-order valence-corrected chi connectivity index (χ1v) is 6.47. The predicted molar refractivity (Wildman–Crippen MR) is 68.4 cm³/mol. The number of hydrogen-bond acceptors (Lipinski definition) is 3. The molecule has 0 aliphatic rings. The van der Waals surface area contributed by atoms with Crippen molar-refractivity contribution in [3.63, 3.8) is 0 Å². The summed E-state index contributed by atoms with van der Waals surface area (Å²) >= 11 is 4.90. The molecule has 2 aromatic rings. The maximum Gasteiger partial charge on any atom is 0.207 e. The van der Waals surface area contributed by atoms with Crippen molar-refractivity contribution in [1.82, 2.24) is 0 Å². The molecule has 2 nitrogen and oxygen atoms in total. The van der Waals surface area contributed by atoms with Crippen molar-refractivity contribution in [2.24, 2.45) is 0 Å². The van der Waals surface area contributed by atoms with Crippen LogP contribution >= 0.6 is 27.3 Å². The van der Waals surface area contributed by atoms with Crippen molar-refractivity contribution in [2.75, 3.05) is 0 Å². The fraction of sp³-hybridized carbons (Fsp3) is 0.250. The van der Waals surface area contributed by atoms with Gasteiger partial charge in [0.1, 0.15) is 11.5 Å². The highest BCUT2D eigenvalue weighted by atomic mass is 79.9. The van der Waals surface area contributed by atoms with E-state index < -0.39 is 0 Å². The Morgan fingerprint density at radius 2 is 2.00 bits per heavy atom. The maximum atomic E-state index is 12.2. The van der Waals surface area contributed by atoms with Crippen LogP contribution in [-0.2, 0) is 0 Å². The summed E-state index contributed by atoms with van der Waals surface area (Å²) in [4.78, 5) is 14.1. The van der Waals surface area contributed by atoms with Gasteiger partial charge in [-0.3, -0.25) is 4.79 Å². The van der Waals surface area contributed by atoms with Gasteiger partial charge in [0.15, 0.2) is 0 Å². The Morgan fingerprint density at radius 1 is 1.31 bits per heavy atom. The summed E-state index contributed by atoms with van der Waals surface area (Å²) in [7, 11) is 0. The first-order chi connectivity index (χ1) is 7.49. The van der Waals surface area contributed by atoms with Gasteiger partial charge in [-0.25, -0.2) is 0 Å². The van der Waals surface area contributed by atoms with Crippen molar-refractivity contribution >= 4 is 33.0 Å². The summed E-state index contributed by atoms with van der Waals surface area (Å²) in [6.45, 7) is 5.65. The molecule has 0 fully saturated rings. The number of thiophene rings is 1. The van der Waals surface area contributed by atoms with Crippen molar-refractivity contribution in [3.05, 3.63) is 43.4 Å². The average Bonchev–Trinajstić information content (AvgIpc) is 2.68. The van der Waals surface area contributed by atoms with Gasteiger partial charge in [-0.05, 0) is 48.8 Å². The van der Waals surface area contributed by atoms with Crippen molar-refractivity contribution in [2.45, 2.75) is 20.8 Å². The second-order valence-electron chi connectivity index (χ2n) is 3.69. The standard InChI is InChI=1S/C12H11BrO2S/c1-6-4-9(8(3)15-6)11(14)12-10(13)5-7(2)16-12/h4-5H,1-3H3. The third-order valence-electron chi connectivity index (χ3n) is 2.30. The Balaban J connectivity index is 2.46. The van der Waals surface area contributed by atoms with Crippen molar-refractivity contribution in [1.29, 1.82) is 0 Å². The van der Waals surface area contributed by atoms with E-state index in [4.69, 9.17) is 4.42 Å². The molecule has 16 heavy (non-hydrogen) atoms. The van der Waals surface area contributed by atoms with Crippen LogP contribution in [0.3, 0.4) is 0 Å². The molecule has 4 heteroatoms. The largest absolute Gasteiger partial charge is 0.466 e. The van der Waals surface area contributed by atoms with Crippen LogP contribution in [0.15, 0.2) is 21.0 Å². The van der Waals surface area contributed by atoms with E-state index in [1.54, 1.807) is 6.07 Å². The summed E-state index contributed by atoms with van der Waals surface area (Å²) in [5.41, 5.74) is 0.653. The molecular formula is C12H11BrO2S. The minimum Gasteiger partial charge on any atom is -0.466 e. The molecular weight excluding hydrogens is 288 g/mol. The highest BCUT2D eigenvalue weighted by molar-refractivity contribution is 9.10. The number of aryl methyl sites for hydroxylation is 3. The van der Waals surface area contributed by atoms with Gasteiger partial charge < -0.3 is 4.42 Å². The lowest BCUT2D eigenvalue weighted by atomic mass is 10.1. The molecule has 0 saturated heterocycles. The van der Waals surface area contributed by atoms with E-state index in [-0.39, 0.29) is 5.78 Å². The van der Waals surface area contributed by atoms with Crippen LogP contribution in [-0.4, -0.2) is 5.78 Å². The molecule has 2 aromatic heterocycles. The molecule has 0 aliphatic carbocycles. The number of hydrogen-bond donors (Lipinski definition) is 0. The van der Waals surface area contributed by atoms with Crippen molar-refractivity contribution < 1.29 is 9.21 Å². The molecule has 0 atom stereocenters. The summed E-state index contributed by atoms with van der Waals surface area (Å²) in [6.07, 6.45) is 0. The van der Waals surface area contributed by atoms with E-state index >= 15 is 0 Å². The lowest BCUT2D eigenvalue weighted by Gasteiger charge is -1.96. The predicted octanol–water partition coefficient (Wildman–Crippen LogP) is 4.26. The van der Waals surface area contributed by atoms with Gasteiger partial charge in [0, 0.05) is 9.35 Å². The van der Waals surface area contributed by atoms with Gasteiger partial charge in [-0.2, -0.15) is 0 Å². The van der Waals surface area contributed by atoms with Crippen LogP contribution in [0.2, 0.25) is 0 Å². The summed E-state index contributed by atoms with van der Waals surface area (Å²) in [5, 5.41) is 0. The molecule has 0 spiro atoms. The molecule has 0 amide bonds. The number of rotatable bonds is 2. The molecule has 0 N–H and O–H groups in total. The molecule has 2 heterocycles. The van der Waals surface area contributed by atoms with Gasteiger partial charge in [0.25, 0.3) is 0 Å². The second-order valence-corrected chi connectivity index (χ2v) is 5.80. The molecule has 0 aliphatic heterocycles. The number of halogens is 1. The molecule has 2 rings (SSSR count). The van der Waals surface area contributed by atoms with Crippen LogP contribution in [0.5, 0.6) is 0 Å². The van der Waals surface area contributed by atoms with E-state index in [9.17, 15) is 4.79 Å². The maximum absolute atomic E-state index is 12.2. The van der Waals surface area contributed by atoms with Crippen molar-refractivity contribution in [3.8, 4) is 0 Å². The van der Waals surface area contributed by atoms with Gasteiger partial charge >= 0.3 is 0 Å². The van der Waals surface area contributed by atoms with Crippen LogP contribution in [0.25, 0.3) is 0 Å². The lowest BCUT2D eigenvalue weighted by Crippen LogP contribution is -1.99. The molecule has 0 radical (unpaired) electrons. The van der Waals surface area contributed by atoms with E-state index in [1.165, 1.54) is 11.3 Å². The fourth-order valence-corrected chi connectivity index (χ4v) is 3.39. The van der Waals surface area contributed by atoms with E-state index in [1.807, 2.05) is 26.8 Å².